The van der Waals surface area contributed by atoms with Crippen molar-refractivity contribution >= 4 is 11.0 Å². The van der Waals surface area contributed by atoms with Crippen LogP contribution in [0.15, 0.2) is 56.6 Å². The maximum absolute atomic E-state index is 11.9. The van der Waals surface area contributed by atoms with Gasteiger partial charge in [0.25, 0.3) is 0 Å². The molecule has 0 radical (unpaired) electrons. The van der Waals surface area contributed by atoms with Crippen LogP contribution in [0.4, 0.5) is 0 Å². The molecule has 0 fully saturated rings. The normalized spacial score (nSPS) is 10.8. The Morgan fingerprint density at radius 3 is 2.85 bits per heavy atom. The van der Waals surface area contributed by atoms with Crippen LogP contribution in [0.25, 0.3) is 11.0 Å². The minimum Gasteiger partial charge on any atom is -0.372 e. The number of aryl methyl sites for hydroxylation is 1. The van der Waals surface area contributed by atoms with Crippen LogP contribution in [0.2, 0.25) is 0 Å². The fourth-order valence-electron chi connectivity index (χ4n) is 2.18. The number of pyridine rings is 1. The fourth-order valence-corrected chi connectivity index (χ4v) is 2.18. The molecule has 0 spiro atoms. The molecular weight excluding hydrogens is 256 g/mol. The first-order chi connectivity index (χ1) is 9.65. The third kappa shape index (κ3) is 2.14. The van der Waals surface area contributed by atoms with E-state index in [2.05, 4.69) is 4.98 Å². The molecule has 0 N–H and O–H groups in total. The van der Waals surface area contributed by atoms with Gasteiger partial charge >= 0.3 is 11.4 Å². The van der Waals surface area contributed by atoms with Crippen LogP contribution in [-0.2, 0) is 6.54 Å². The molecule has 0 aliphatic carbocycles. The molecule has 0 saturated carbocycles. The van der Waals surface area contributed by atoms with Gasteiger partial charge in [0.2, 0.25) is 0 Å². The molecule has 0 aliphatic heterocycles. The summed E-state index contributed by atoms with van der Waals surface area (Å²) >= 11 is 0. The third-order valence-corrected chi connectivity index (χ3v) is 3.09. The van der Waals surface area contributed by atoms with Crippen LogP contribution in [-0.4, -0.2) is 9.55 Å². The van der Waals surface area contributed by atoms with Crippen molar-refractivity contribution in [3.63, 3.8) is 0 Å². The highest BCUT2D eigenvalue weighted by Crippen LogP contribution is 2.09. The maximum Gasteiger partial charge on any atom is 0.423 e. The number of rotatable bonds is 2. The summed E-state index contributed by atoms with van der Waals surface area (Å²) in [7, 11) is 0. The van der Waals surface area contributed by atoms with Gasteiger partial charge < -0.3 is 4.42 Å². The van der Waals surface area contributed by atoms with Crippen LogP contribution < -0.4 is 11.4 Å². The molecule has 20 heavy (non-hydrogen) atoms. The molecule has 5 heteroatoms. The first-order valence-corrected chi connectivity index (χ1v) is 6.19. The van der Waals surface area contributed by atoms with Gasteiger partial charge in [0, 0.05) is 6.20 Å². The summed E-state index contributed by atoms with van der Waals surface area (Å²) in [4.78, 5) is 27.7. The van der Waals surface area contributed by atoms with Crippen LogP contribution in [0.1, 0.15) is 11.1 Å². The quantitative estimate of drug-likeness (QED) is 0.709. The third-order valence-electron chi connectivity index (χ3n) is 3.09. The zero-order valence-electron chi connectivity index (χ0n) is 10.9. The maximum atomic E-state index is 11.9. The summed E-state index contributed by atoms with van der Waals surface area (Å²) in [5.41, 5.74) is 1.74. The second-order valence-electron chi connectivity index (χ2n) is 4.61. The van der Waals surface area contributed by atoms with Gasteiger partial charge in [0.1, 0.15) is 5.39 Å². The highest BCUT2D eigenvalue weighted by atomic mass is 16.4. The van der Waals surface area contributed by atoms with Gasteiger partial charge in [0.15, 0.2) is 5.65 Å². The van der Waals surface area contributed by atoms with E-state index in [1.54, 1.807) is 18.3 Å². The summed E-state index contributed by atoms with van der Waals surface area (Å²) in [6.45, 7) is 2.30. The highest BCUT2D eigenvalue weighted by molar-refractivity contribution is 5.72. The van der Waals surface area contributed by atoms with E-state index >= 15 is 0 Å². The molecule has 1 aromatic carbocycles. The van der Waals surface area contributed by atoms with E-state index in [0.717, 1.165) is 11.1 Å². The Kier molecular flexibility index (Phi) is 2.95. The van der Waals surface area contributed by atoms with Crippen molar-refractivity contribution in [2.75, 3.05) is 0 Å². The van der Waals surface area contributed by atoms with Gasteiger partial charge in [0.05, 0.1) is 6.54 Å². The van der Waals surface area contributed by atoms with Crippen molar-refractivity contribution < 1.29 is 4.42 Å². The van der Waals surface area contributed by atoms with Crippen molar-refractivity contribution in [2.45, 2.75) is 13.5 Å². The van der Waals surface area contributed by atoms with Crippen molar-refractivity contribution in [3.8, 4) is 0 Å². The van der Waals surface area contributed by atoms with Gasteiger partial charge in [-0.1, -0.05) is 29.8 Å². The standard InChI is InChI=1S/C15H12N2O3/c1-10-4-2-5-11(8-10)9-17-13-12(6-3-7-16-13)14(18)20-15(17)19/h2-8H,9H2,1H3. The van der Waals surface area contributed by atoms with E-state index < -0.39 is 11.4 Å². The van der Waals surface area contributed by atoms with E-state index in [1.807, 2.05) is 31.2 Å². The Morgan fingerprint density at radius 2 is 2.05 bits per heavy atom. The Labute approximate surface area is 114 Å². The first-order valence-electron chi connectivity index (χ1n) is 6.19. The highest BCUT2D eigenvalue weighted by Gasteiger charge is 2.10. The Bertz CT molecular complexity index is 893. The molecule has 5 nitrogen and oxygen atoms in total. The number of hydrogen-bond acceptors (Lipinski definition) is 4. The SMILES string of the molecule is Cc1cccc(Cn2c(=O)oc(=O)c3cccnc32)c1. The fraction of sp³-hybridized carbons (Fsp3) is 0.133. The van der Waals surface area contributed by atoms with E-state index in [9.17, 15) is 9.59 Å². The van der Waals surface area contributed by atoms with Gasteiger partial charge in [-0.2, -0.15) is 0 Å². The van der Waals surface area contributed by atoms with Gasteiger partial charge in [-0.15, -0.1) is 0 Å². The van der Waals surface area contributed by atoms with E-state index in [0.29, 0.717) is 17.6 Å². The molecule has 3 aromatic rings. The molecule has 3 rings (SSSR count). The summed E-state index contributed by atoms with van der Waals surface area (Å²) in [6.07, 6.45) is 1.55. The Hall–Kier alpha value is -2.69. The average Bonchev–Trinajstić information content (AvgIpc) is 2.43. The summed E-state index contributed by atoms with van der Waals surface area (Å²) < 4.78 is 6.10. The minimum atomic E-state index is -0.692. The van der Waals surface area contributed by atoms with Crippen LogP contribution in [0, 0.1) is 6.92 Å². The van der Waals surface area contributed by atoms with Gasteiger partial charge in [-0.05, 0) is 24.6 Å². The summed E-state index contributed by atoms with van der Waals surface area (Å²) in [5.74, 6) is -0.692. The van der Waals surface area contributed by atoms with E-state index in [-0.39, 0.29) is 0 Å². The molecule has 0 amide bonds. The number of hydrogen-bond donors (Lipinski definition) is 0. The lowest BCUT2D eigenvalue weighted by molar-refractivity contribution is 0.423. The molecule has 0 bridgehead atoms. The average molecular weight is 268 g/mol. The lowest BCUT2D eigenvalue weighted by Crippen LogP contribution is -2.26. The van der Waals surface area contributed by atoms with Crippen LogP contribution in [0.3, 0.4) is 0 Å². The van der Waals surface area contributed by atoms with Crippen molar-refractivity contribution in [2.24, 2.45) is 0 Å². The number of aromatic nitrogens is 2. The zero-order chi connectivity index (χ0) is 14.1. The van der Waals surface area contributed by atoms with Crippen molar-refractivity contribution in [3.05, 3.63) is 74.7 Å². The Morgan fingerprint density at radius 1 is 1.20 bits per heavy atom. The second kappa shape index (κ2) is 4.77. The molecule has 0 saturated heterocycles. The van der Waals surface area contributed by atoms with Crippen LogP contribution in [0.5, 0.6) is 0 Å². The summed E-state index contributed by atoms with van der Waals surface area (Å²) in [6, 6.07) is 11.0. The second-order valence-corrected chi connectivity index (χ2v) is 4.61. The molecule has 0 unspecified atom stereocenters. The zero-order valence-corrected chi connectivity index (χ0v) is 10.9. The number of benzene rings is 1. The van der Waals surface area contributed by atoms with E-state index in [4.69, 9.17) is 4.42 Å². The number of fused-ring (bicyclic) bond motifs is 1. The predicted molar refractivity (Wildman–Crippen MR) is 74.8 cm³/mol. The van der Waals surface area contributed by atoms with E-state index in [1.165, 1.54) is 4.57 Å². The molecule has 0 atom stereocenters. The lowest BCUT2D eigenvalue weighted by atomic mass is 10.1. The first kappa shape index (κ1) is 12.3. The van der Waals surface area contributed by atoms with Crippen LogP contribution >= 0.6 is 0 Å². The molecule has 100 valence electrons. The molecular formula is C15H12N2O3. The largest absolute Gasteiger partial charge is 0.423 e. The topological polar surface area (TPSA) is 65.1 Å². The molecule has 2 heterocycles. The lowest BCUT2D eigenvalue weighted by Gasteiger charge is -2.07. The van der Waals surface area contributed by atoms with Crippen molar-refractivity contribution in [1.82, 2.24) is 9.55 Å². The van der Waals surface area contributed by atoms with Gasteiger partial charge in [-0.25, -0.2) is 14.6 Å². The van der Waals surface area contributed by atoms with Gasteiger partial charge in [-0.3, -0.25) is 4.57 Å². The molecule has 0 aliphatic rings. The number of nitrogens with zero attached hydrogens (tertiary/aromatic N) is 2. The summed E-state index contributed by atoms with van der Waals surface area (Å²) in [5, 5.41) is 0.305. The monoisotopic (exact) mass is 268 g/mol. The minimum absolute atomic E-state index is 0.305. The van der Waals surface area contributed by atoms with Crippen molar-refractivity contribution in [1.29, 1.82) is 0 Å². The predicted octanol–water partition coefficient (Wildman–Crippen LogP) is 1.71. The Balaban J connectivity index is 2.21. The molecule has 2 aromatic heterocycles. The smallest absolute Gasteiger partial charge is 0.372 e.